The quantitative estimate of drug-likeness (QED) is 0.627. The van der Waals surface area contributed by atoms with Gasteiger partial charge in [0.2, 0.25) is 5.91 Å². The van der Waals surface area contributed by atoms with Crippen molar-refractivity contribution in [1.29, 1.82) is 0 Å². The molecule has 0 radical (unpaired) electrons. The fourth-order valence-electron chi connectivity index (χ4n) is 2.27. The molecule has 130 valence electrons. The molecule has 0 N–H and O–H groups in total. The minimum absolute atomic E-state index is 0.00446. The molecule has 0 aliphatic heterocycles. The van der Waals surface area contributed by atoms with Crippen LogP contribution in [0.2, 0.25) is 0 Å². The molecule has 1 amide bonds. The zero-order valence-corrected chi connectivity index (χ0v) is 15.2. The van der Waals surface area contributed by atoms with Crippen LogP contribution in [0.25, 0.3) is 11.5 Å². The molecule has 2 heterocycles. The highest BCUT2D eigenvalue weighted by atomic mass is 32.2. The van der Waals surface area contributed by atoms with Crippen molar-refractivity contribution in [3.8, 4) is 11.5 Å². The first-order valence-corrected chi connectivity index (χ1v) is 8.82. The minimum atomic E-state index is 0.00446. The lowest BCUT2D eigenvalue weighted by Gasteiger charge is -2.16. The Morgan fingerprint density at radius 2 is 1.92 bits per heavy atom. The van der Waals surface area contributed by atoms with Crippen molar-refractivity contribution >= 4 is 17.7 Å². The maximum Gasteiger partial charge on any atom is 0.277 e. The molecule has 0 atom stereocenters. The molecule has 0 unspecified atom stereocenters. The highest BCUT2D eigenvalue weighted by molar-refractivity contribution is 7.99. The zero-order chi connectivity index (χ0) is 17.8. The topological polar surface area (TPSA) is 72.4 Å². The van der Waals surface area contributed by atoms with E-state index in [1.807, 2.05) is 38.1 Å². The van der Waals surface area contributed by atoms with E-state index in [9.17, 15) is 4.79 Å². The molecule has 3 rings (SSSR count). The second-order valence-corrected chi connectivity index (χ2v) is 6.71. The number of hydrogen-bond donors (Lipinski definition) is 0. The second-order valence-electron chi connectivity index (χ2n) is 5.79. The summed E-state index contributed by atoms with van der Waals surface area (Å²) in [5.41, 5.74) is 3.07. The molecule has 0 aliphatic rings. The number of furan rings is 1. The summed E-state index contributed by atoms with van der Waals surface area (Å²) in [6.07, 6.45) is 1.57. The summed E-state index contributed by atoms with van der Waals surface area (Å²) in [7, 11) is 1.79. The van der Waals surface area contributed by atoms with Crippen molar-refractivity contribution in [1.82, 2.24) is 15.1 Å². The van der Waals surface area contributed by atoms with Gasteiger partial charge in [0.15, 0.2) is 0 Å². The average Bonchev–Trinajstić information content (AvgIpc) is 3.23. The van der Waals surface area contributed by atoms with Crippen LogP contribution in [0.5, 0.6) is 0 Å². The lowest BCUT2D eigenvalue weighted by molar-refractivity contribution is -0.127. The van der Waals surface area contributed by atoms with Crippen molar-refractivity contribution in [2.24, 2.45) is 0 Å². The highest BCUT2D eigenvalue weighted by Crippen LogP contribution is 2.26. The number of carbonyl (C=O) groups excluding carboxylic acids is 1. The zero-order valence-electron chi connectivity index (χ0n) is 14.4. The Morgan fingerprint density at radius 1 is 1.16 bits per heavy atom. The molecule has 3 aromatic rings. The van der Waals surface area contributed by atoms with Crippen LogP contribution in [0.15, 0.2) is 50.7 Å². The van der Waals surface area contributed by atoms with E-state index in [2.05, 4.69) is 10.2 Å². The van der Waals surface area contributed by atoms with Crippen molar-refractivity contribution in [3.63, 3.8) is 0 Å². The first-order valence-electron chi connectivity index (χ1n) is 7.83. The average molecular weight is 357 g/mol. The van der Waals surface area contributed by atoms with E-state index in [1.54, 1.807) is 24.3 Å². The Kier molecular flexibility index (Phi) is 5.23. The molecule has 0 aliphatic carbocycles. The SMILES string of the molecule is Cc1ccc(CN(C)C(=O)CSc2nnc(-c3ccoc3C)o2)cc1. The number of aromatic nitrogens is 2. The Balaban J connectivity index is 1.54. The standard InChI is InChI=1S/C18H19N3O3S/c1-12-4-6-14(7-5-12)10-21(3)16(22)11-25-18-20-19-17(24-18)15-8-9-23-13(15)2/h4-9H,10-11H2,1-3H3. The van der Waals surface area contributed by atoms with Crippen LogP contribution in [0.1, 0.15) is 16.9 Å². The van der Waals surface area contributed by atoms with Gasteiger partial charge in [0.25, 0.3) is 11.1 Å². The number of carbonyl (C=O) groups is 1. The summed E-state index contributed by atoms with van der Waals surface area (Å²) >= 11 is 1.23. The summed E-state index contributed by atoms with van der Waals surface area (Å²) in [6, 6.07) is 9.92. The van der Waals surface area contributed by atoms with Crippen LogP contribution in [-0.2, 0) is 11.3 Å². The first-order chi connectivity index (χ1) is 12.0. The van der Waals surface area contributed by atoms with Gasteiger partial charge in [-0.1, -0.05) is 41.6 Å². The van der Waals surface area contributed by atoms with Crippen LogP contribution in [0.3, 0.4) is 0 Å². The minimum Gasteiger partial charge on any atom is -0.469 e. The predicted octanol–water partition coefficient (Wildman–Crippen LogP) is 3.70. The normalized spacial score (nSPS) is 10.8. The van der Waals surface area contributed by atoms with Crippen molar-refractivity contribution in [2.75, 3.05) is 12.8 Å². The van der Waals surface area contributed by atoms with Crippen LogP contribution in [-0.4, -0.2) is 33.8 Å². The van der Waals surface area contributed by atoms with E-state index < -0.39 is 0 Å². The van der Waals surface area contributed by atoms with Gasteiger partial charge in [0.1, 0.15) is 5.76 Å². The van der Waals surface area contributed by atoms with Gasteiger partial charge in [-0.2, -0.15) is 0 Å². The molecule has 6 nitrogen and oxygen atoms in total. The Bertz CT molecular complexity index is 855. The Hall–Kier alpha value is -2.54. The van der Waals surface area contributed by atoms with E-state index in [0.717, 1.165) is 11.1 Å². The van der Waals surface area contributed by atoms with Gasteiger partial charge in [-0.25, -0.2) is 0 Å². The summed E-state index contributed by atoms with van der Waals surface area (Å²) in [5.74, 6) is 1.36. The van der Waals surface area contributed by atoms with Gasteiger partial charge in [-0.05, 0) is 25.5 Å². The maximum atomic E-state index is 12.3. The highest BCUT2D eigenvalue weighted by Gasteiger charge is 2.16. The fourth-order valence-corrected chi connectivity index (χ4v) is 2.98. The molecule has 0 saturated carbocycles. The Morgan fingerprint density at radius 3 is 2.60 bits per heavy atom. The third-order valence-corrected chi connectivity index (χ3v) is 4.58. The van der Waals surface area contributed by atoms with E-state index in [4.69, 9.17) is 8.83 Å². The van der Waals surface area contributed by atoms with Gasteiger partial charge in [-0.3, -0.25) is 4.79 Å². The van der Waals surface area contributed by atoms with Gasteiger partial charge in [0.05, 0.1) is 17.6 Å². The molecular formula is C18H19N3O3S. The van der Waals surface area contributed by atoms with Crippen molar-refractivity contribution < 1.29 is 13.6 Å². The molecular weight excluding hydrogens is 338 g/mol. The molecule has 1 aromatic carbocycles. The van der Waals surface area contributed by atoms with E-state index in [-0.39, 0.29) is 11.7 Å². The number of nitrogens with zero attached hydrogens (tertiary/aromatic N) is 3. The molecule has 7 heteroatoms. The van der Waals surface area contributed by atoms with E-state index >= 15 is 0 Å². The largest absolute Gasteiger partial charge is 0.469 e. The number of rotatable bonds is 6. The summed E-state index contributed by atoms with van der Waals surface area (Å²) in [4.78, 5) is 14.0. The number of hydrogen-bond acceptors (Lipinski definition) is 6. The molecule has 25 heavy (non-hydrogen) atoms. The number of amides is 1. The van der Waals surface area contributed by atoms with E-state index in [0.29, 0.717) is 23.4 Å². The molecule has 2 aromatic heterocycles. The number of thioether (sulfide) groups is 1. The third-order valence-electron chi connectivity index (χ3n) is 3.78. The number of aryl methyl sites for hydroxylation is 2. The van der Waals surface area contributed by atoms with Gasteiger partial charge in [0, 0.05) is 13.6 Å². The third kappa shape index (κ3) is 4.30. The van der Waals surface area contributed by atoms with Crippen LogP contribution in [0, 0.1) is 13.8 Å². The summed E-state index contributed by atoms with van der Waals surface area (Å²) in [5, 5.41) is 8.34. The fraction of sp³-hybridized carbons (Fsp3) is 0.278. The van der Waals surface area contributed by atoms with Gasteiger partial charge < -0.3 is 13.7 Å². The smallest absolute Gasteiger partial charge is 0.277 e. The lowest BCUT2D eigenvalue weighted by atomic mass is 10.1. The van der Waals surface area contributed by atoms with Crippen LogP contribution >= 0.6 is 11.8 Å². The molecule has 0 bridgehead atoms. The van der Waals surface area contributed by atoms with Crippen molar-refractivity contribution in [3.05, 3.63) is 53.5 Å². The molecule has 0 spiro atoms. The Labute approximate surface area is 150 Å². The lowest BCUT2D eigenvalue weighted by Crippen LogP contribution is -2.27. The maximum absolute atomic E-state index is 12.3. The number of benzene rings is 1. The summed E-state index contributed by atoms with van der Waals surface area (Å²) in [6.45, 7) is 4.44. The van der Waals surface area contributed by atoms with Gasteiger partial charge in [-0.15, -0.1) is 10.2 Å². The predicted molar refractivity (Wildman–Crippen MR) is 95.1 cm³/mol. The first kappa shape index (κ1) is 17.3. The second kappa shape index (κ2) is 7.57. The molecule has 0 fully saturated rings. The van der Waals surface area contributed by atoms with E-state index in [1.165, 1.54) is 17.3 Å². The summed E-state index contributed by atoms with van der Waals surface area (Å²) < 4.78 is 10.8. The monoisotopic (exact) mass is 357 g/mol. The van der Waals surface area contributed by atoms with Crippen molar-refractivity contribution in [2.45, 2.75) is 25.6 Å². The van der Waals surface area contributed by atoms with Crippen LogP contribution < -0.4 is 0 Å². The van der Waals surface area contributed by atoms with Gasteiger partial charge >= 0.3 is 0 Å². The van der Waals surface area contributed by atoms with Crippen LogP contribution in [0.4, 0.5) is 0 Å². The molecule has 0 saturated heterocycles.